The molecule has 4 rings (SSSR count). The van der Waals surface area contributed by atoms with Crippen LogP contribution in [-0.4, -0.2) is 32.0 Å². The van der Waals surface area contributed by atoms with Crippen molar-refractivity contribution in [2.24, 2.45) is 0 Å². The van der Waals surface area contributed by atoms with Gasteiger partial charge in [0, 0.05) is 16.5 Å². The molecule has 2 amide bonds. The van der Waals surface area contributed by atoms with Crippen LogP contribution in [0.1, 0.15) is 31.1 Å². The Hall–Kier alpha value is -3.67. The quantitative estimate of drug-likeness (QED) is 0.528. The van der Waals surface area contributed by atoms with Gasteiger partial charge in [0.2, 0.25) is 0 Å². The summed E-state index contributed by atoms with van der Waals surface area (Å²) < 4.78 is 9.95. The van der Waals surface area contributed by atoms with Gasteiger partial charge in [-0.3, -0.25) is 9.59 Å². The molecule has 0 atom stereocenters. The Kier molecular flexibility index (Phi) is 3.88. The molecule has 6 nitrogen and oxygen atoms in total. The van der Waals surface area contributed by atoms with E-state index in [0.29, 0.717) is 22.3 Å². The largest absolute Gasteiger partial charge is 0.496 e. The van der Waals surface area contributed by atoms with E-state index in [-0.39, 0.29) is 11.3 Å². The van der Waals surface area contributed by atoms with Crippen molar-refractivity contribution < 1.29 is 23.9 Å². The number of imide groups is 1. The first-order chi connectivity index (χ1) is 13.1. The summed E-state index contributed by atoms with van der Waals surface area (Å²) in [6, 6.07) is 15.2. The molecule has 27 heavy (non-hydrogen) atoms. The number of amides is 2. The Labute approximate surface area is 154 Å². The van der Waals surface area contributed by atoms with Gasteiger partial charge in [0.05, 0.1) is 19.9 Å². The summed E-state index contributed by atoms with van der Waals surface area (Å²) in [6.07, 6.45) is 0. The van der Waals surface area contributed by atoms with Gasteiger partial charge in [0.1, 0.15) is 11.3 Å². The standard InChI is InChI=1S/C21H15NO5/c1-26-17-10-9-13(11-16(17)21(25)27-2)22-19(23)14-7-3-5-12-6-4-8-15(18(12)14)20(22)24/h3-11H,1-2H3. The minimum absolute atomic E-state index is 0.134. The van der Waals surface area contributed by atoms with Gasteiger partial charge in [-0.1, -0.05) is 24.3 Å². The van der Waals surface area contributed by atoms with Gasteiger partial charge in [-0.2, -0.15) is 0 Å². The molecule has 6 heteroatoms. The molecule has 0 saturated heterocycles. The topological polar surface area (TPSA) is 72.9 Å². The smallest absolute Gasteiger partial charge is 0.341 e. The molecule has 0 N–H and O–H groups in total. The molecule has 0 fully saturated rings. The average molecular weight is 361 g/mol. The van der Waals surface area contributed by atoms with Crippen LogP contribution in [0.25, 0.3) is 10.8 Å². The van der Waals surface area contributed by atoms with E-state index >= 15 is 0 Å². The third kappa shape index (κ3) is 2.45. The SMILES string of the molecule is COC(=O)c1cc(N2C(=O)c3cccc4cccc(c34)C2=O)ccc1OC. The summed E-state index contributed by atoms with van der Waals surface area (Å²) >= 11 is 0. The lowest BCUT2D eigenvalue weighted by atomic mass is 9.93. The number of hydrogen-bond donors (Lipinski definition) is 0. The van der Waals surface area contributed by atoms with E-state index in [4.69, 9.17) is 9.47 Å². The molecule has 0 radical (unpaired) electrons. The third-order valence-corrected chi connectivity index (χ3v) is 4.62. The fraction of sp³-hybridized carbons (Fsp3) is 0.0952. The molecule has 0 unspecified atom stereocenters. The van der Waals surface area contributed by atoms with Gasteiger partial charge < -0.3 is 9.47 Å². The lowest BCUT2D eigenvalue weighted by molar-refractivity contribution is 0.0596. The van der Waals surface area contributed by atoms with Crippen LogP contribution < -0.4 is 9.64 Å². The number of carbonyl (C=O) groups is 3. The second kappa shape index (κ2) is 6.25. The fourth-order valence-electron chi connectivity index (χ4n) is 3.37. The molecule has 0 bridgehead atoms. The van der Waals surface area contributed by atoms with Gasteiger partial charge >= 0.3 is 5.97 Å². The van der Waals surface area contributed by atoms with Crippen molar-refractivity contribution in [3.8, 4) is 5.75 Å². The number of ether oxygens (including phenoxy) is 2. The van der Waals surface area contributed by atoms with Crippen molar-refractivity contribution >= 4 is 34.2 Å². The monoisotopic (exact) mass is 361 g/mol. The van der Waals surface area contributed by atoms with Gasteiger partial charge in [0.25, 0.3) is 11.8 Å². The molecule has 3 aromatic rings. The number of benzene rings is 3. The van der Waals surface area contributed by atoms with Gasteiger partial charge in [-0.25, -0.2) is 9.69 Å². The van der Waals surface area contributed by atoms with E-state index in [0.717, 1.165) is 10.3 Å². The van der Waals surface area contributed by atoms with E-state index in [9.17, 15) is 14.4 Å². The predicted molar refractivity (Wildman–Crippen MR) is 99.4 cm³/mol. The maximum atomic E-state index is 13.1. The van der Waals surface area contributed by atoms with Crippen LogP contribution >= 0.6 is 0 Å². The fourth-order valence-corrected chi connectivity index (χ4v) is 3.37. The van der Waals surface area contributed by atoms with Gasteiger partial charge in [-0.15, -0.1) is 0 Å². The average Bonchev–Trinajstić information content (AvgIpc) is 2.71. The predicted octanol–water partition coefficient (Wildman–Crippen LogP) is 3.44. The molecular formula is C21H15NO5. The Morgan fingerprint density at radius 2 is 1.52 bits per heavy atom. The molecule has 1 aliphatic heterocycles. The van der Waals surface area contributed by atoms with Crippen LogP contribution in [0.2, 0.25) is 0 Å². The van der Waals surface area contributed by atoms with E-state index in [1.165, 1.54) is 26.4 Å². The van der Waals surface area contributed by atoms with Crippen LogP contribution in [0.5, 0.6) is 5.75 Å². The van der Waals surface area contributed by atoms with E-state index in [1.807, 2.05) is 12.1 Å². The minimum atomic E-state index is -0.617. The molecule has 1 heterocycles. The molecular weight excluding hydrogens is 346 g/mol. The van der Waals surface area contributed by atoms with Gasteiger partial charge in [-0.05, 0) is 35.7 Å². The molecule has 0 aromatic heterocycles. The highest BCUT2D eigenvalue weighted by atomic mass is 16.5. The maximum absolute atomic E-state index is 13.1. The zero-order valence-electron chi connectivity index (χ0n) is 14.7. The summed E-state index contributed by atoms with van der Waals surface area (Å²) in [6.45, 7) is 0. The number of nitrogens with zero attached hydrogens (tertiary/aromatic N) is 1. The summed E-state index contributed by atoms with van der Waals surface area (Å²) in [5.41, 5.74) is 1.30. The summed E-state index contributed by atoms with van der Waals surface area (Å²) in [5, 5.41) is 1.48. The highest BCUT2D eigenvalue weighted by molar-refractivity contribution is 6.35. The molecule has 0 spiro atoms. The number of carbonyl (C=O) groups excluding carboxylic acids is 3. The van der Waals surface area contributed by atoms with Crippen molar-refractivity contribution in [2.45, 2.75) is 0 Å². The lowest BCUT2D eigenvalue weighted by Gasteiger charge is -2.27. The van der Waals surface area contributed by atoms with Crippen molar-refractivity contribution in [1.29, 1.82) is 0 Å². The zero-order chi connectivity index (χ0) is 19.1. The molecule has 1 aliphatic rings. The number of anilines is 1. The lowest BCUT2D eigenvalue weighted by Crippen LogP contribution is -2.40. The second-order valence-corrected chi connectivity index (χ2v) is 6.03. The van der Waals surface area contributed by atoms with Crippen molar-refractivity contribution in [1.82, 2.24) is 0 Å². The minimum Gasteiger partial charge on any atom is -0.496 e. The maximum Gasteiger partial charge on any atom is 0.341 e. The van der Waals surface area contributed by atoms with Crippen molar-refractivity contribution in [2.75, 3.05) is 19.1 Å². The van der Waals surface area contributed by atoms with E-state index < -0.39 is 17.8 Å². The number of methoxy groups -OCH3 is 2. The first kappa shape index (κ1) is 16.8. The number of esters is 1. The normalized spacial score (nSPS) is 13.0. The van der Waals surface area contributed by atoms with Crippen LogP contribution in [0.3, 0.4) is 0 Å². The molecule has 0 saturated carbocycles. The van der Waals surface area contributed by atoms with Crippen LogP contribution in [0, 0.1) is 0 Å². The first-order valence-electron chi connectivity index (χ1n) is 8.23. The number of rotatable bonds is 3. The first-order valence-corrected chi connectivity index (χ1v) is 8.23. The Balaban J connectivity index is 1.90. The second-order valence-electron chi connectivity index (χ2n) is 6.03. The summed E-state index contributed by atoms with van der Waals surface area (Å²) in [5.74, 6) is -1.20. The van der Waals surface area contributed by atoms with Crippen LogP contribution in [0.4, 0.5) is 5.69 Å². The van der Waals surface area contributed by atoms with E-state index in [1.54, 1.807) is 30.3 Å². The van der Waals surface area contributed by atoms with Crippen LogP contribution in [-0.2, 0) is 4.74 Å². The van der Waals surface area contributed by atoms with Crippen molar-refractivity contribution in [3.63, 3.8) is 0 Å². The Bertz CT molecular complexity index is 1070. The zero-order valence-corrected chi connectivity index (χ0v) is 14.7. The highest BCUT2D eigenvalue weighted by Crippen LogP contribution is 2.34. The van der Waals surface area contributed by atoms with Crippen LogP contribution in [0.15, 0.2) is 54.6 Å². The highest BCUT2D eigenvalue weighted by Gasteiger charge is 2.34. The molecule has 134 valence electrons. The molecule has 3 aromatic carbocycles. The number of hydrogen-bond acceptors (Lipinski definition) is 5. The molecule has 0 aliphatic carbocycles. The Morgan fingerprint density at radius 1 is 0.889 bits per heavy atom. The van der Waals surface area contributed by atoms with Crippen molar-refractivity contribution in [3.05, 3.63) is 71.3 Å². The summed E-state index contributed by atoms with van der Waals surface area (Å²) in [4.78, 5) is 39.3. The van der Waals surface area contributed by atoms with Gasteiger partial charge in [0.15, 0.2) is 0 Å². The third-order valence-electron chi connectivity index (χ3n) is 4.62. The Morgan fingerprint density at radius 3 is 2.07 bits per heavy atom. The van der Waals surface area contributed by atoms with E-state index in [2.05, 4.69) is 0 Å². The summed E-state index contributed by atoms with van der Waals surface area (Å²) in [7, 11) is 2.68.